The minimum atomic E-state index is -3.04. The van der Waals surface area contributed by atoms with E-state index < -0.39 is 9.84 Å². The number of carbonyl (C=O) groups excluding carboxylic acids is 1. The molecule has 0 saturated carbocycles. The van der Waals surface area contributed by atoms with Gasteiger partial charge in [0.2, 0.25) is 5.91 Å². The van der Waals surface area contributed by atoms with Gasteiger partial charge in [0.15, 0.2) is 9.84 Å². The summed E-state index contributed by atoms with van der Waals surface area (Å²) in [5, 5.41) is 2.73. The van der Waals surface area contributed by atoms with Crippen molar-refractivity contribution in [2.45, 2.75) is 12.8 Å². The summed E-state index contributed by atoms with van der Waals surface area (Å²) in [5.41, 5.74) is 5.95. The van der Waals surface area contributed by atoms with E-state index in [1.165, 1.54) is 0 Å². The molecular formula is C13H20N2O4S. The van der Waals surface area contributed by atoms with Crippen molar-refractivity contribution in [2.75, 3.05) is 30.5 Å². The summed E-state index contributed by atoms with van der Waals surface area (Å²) in [5.74, 6) is 0.370. The molecule has 0 radical (unpaired) electrons. The van der Waals surface area contributed by atoms with Crippen LogP contribution in [0, 0.1) is 0 Å². The maximum atomic E-state index is 11.5. The van der Waals surface area contributed by atoms with E-state index >= 15 is 0 Å². The van der Waals surface area contributed by atoms with E-state index in [2.05, 4.69) is 5.32 Å². The molecule has 0 aliphatic rings. The topological polar surface area (TPSA) is 98.5 Å². The van der Waals surface area contributed by atoms with Crippen LogP contribution in [0.2, 0.25) is 0 Å². The van der Waals surface area contributed by atoms with Crippen molar-refractivity contribution in [3.8, 4) is 5.75 Å². The molecule has 0 aliphatic carbocycles. The number of benzene rings is 1. The van der Waals surface area contributed by atoms with E-state index in [9.17, 15) is 13.2 Å². The molecule has 6 nitrogen and oxygen atoms in total. The van der Waals surface area contributed by atoms with Gasteiger partial charge in [-0.3, -0.25) is 4.79 Å². The summed E-state index contributed by atoms with van der Waals surface area (Å²) in [6.45, 7) is 0.561. The number of carbonyl (C=O) groups is 1. The quantitative estimate of drug-likeness (QED) is 0.739. The van der Waals surface area contributed by atoms with E-state index in [4.69, 9.17) is 10.5 Å². The predicted octanol–water partition coefficient (Wildman–Crippen LogP) is 0.787. The summed E-state index contributed by atoms with van der Waals surface area (Å²) >= 11 is 0. The lowest BCUT2D eigenvalue weighted by Gasteiger charge is -2.08. The van der Waals surface area contributed by atoms with Gasteiger partial charge >= 0.3 is 0 Å². The molecule has 3 N–H and O–H groups in total. The Morgan fingerprint density at radius 3 is 2.80 bits per heavy atom. The van der Waals surface area contributed by atoms with Gasteiger partial charge in [0.05, 0.1) is 5.75 Å². The second-order valence-corrected chi connectivity index (χ2v) is 6.71. The van der Waals surface area contributed by atoms with Crippen molar-refractivity contribution in [1.29, 1.82) is 0 Å². The fourth-order valence-corrected chi connectivity index (χ4v) is 1.85. The van der Waals surface area contributed by atoms with Gasteiger partial charge in [0.1, 0.15) is 12.4 Å². The molecular weight excluding hydrogens is 280 g/mol. The second-order valence-electron chi connectivity index (χ2n) is 4.45. The molecule has 0 spiro atoms. The van der Waals surface area contributed by atoms with Crippen LogP contribution in [-0.4, -0.2) is 39.5 Å². The molecule has 0 saturated heterocycles. The Hall–Kier alpha value is -1.60. The number of amides is 1. The lowest BCUT2D eigenvalue weighted by molar-refractivity contribution is -0.116. The van der Waals surface area contributed by atoms with Crippen LogP contribution in [0.1, 0.15) is 12.8 Å². The monoisotopic (exact) mass is 300 g/mol. The fraction of sp³-hybridized carbons (Fsp3) is 0.462. The van der Waals surface area contributed by atoms with Gasteiger partial charge in [0, 0.05) is 24.4 Å². The minimum absolute atomic E-state index is 0.0416. The van der Waals surface area contributed by atoms with Crippen molar-refractivity contribution < 1.29 is 17.9 Å². The smallest absolute Gasteiger partial charge is 0.224 e. The maximum absolute atomic E-state index is 11.5. The van der Waals surface area contributed by atoms with Gasteiger partial charge in [-0.2, -0.15) is 0 Å². The van der Waals surface area contributed by atoms with Crippen molar-refractivity contribution in [3.05, 3.63) is 24.3 Å². The largest absolute Gasteiger partial charge is 0.492 e. The summed E-state index contributed by atoms with van der Waals surface area (Å²) < 4.78 is 27.3. The number of sulfone groups is 1. The van der Waals surface area contributed by atoms with Crippen LogP contribution in [0.15, 0.2) is 24.3 Å². The predicted molar refractivity (Wildman–Crippen MR) is 78.6 cm³/mol. The SMILES string of the molecule is CS(=O)(=O)CCOc1cccc(NC(=O)CCCN)c1. The van der Waals surface area contributed by atoms with Gasteiger partial charge in [-0.25, -0.2) is 8.42 Å². The average Bonchev–Trinajstić information content (AvgIpc) is 2.35. The lowest BCUT2D eigenvalue weighted by atomic mass is 10.2. The zero-order valence-corrected chi connectivity index (χ0v) is 12.3. The summed E-state index contributed by atoms with van der Waals surface area (Å²) in [4.78, 5) is 11.5. The molecule has 0 unspecified atom stereocenters. The van der Waals surface area contributed by atoms with E-state index in [1.807, 2.05) is 0 Å². The van der Waals surface area contributed by atoms with Crippen LogP contribution < -0.4 is 15.8 Å². The number of rotatable bonds is 8. The van der Waals surface area contributed by atoms with Gasteiger partial charge in [-0.05, 0) is 25.1 Å². The fourth-order valence-electron chi connectivity index (χ4n) is 1.46. The highest BCUT2D eigenvalue weighted by Crippen LogP contribution is 2.17. The average molecular weight is 300 g/mol. The standard InChI is InChI=1S/C13H20N2O4S/c1-20(17,18)9-8-19-12-5-2-4-11(10-12)15-13(16)6-3-7-14/h2,4-5,10H,3,6-9,14H2,1H3,(H,15,16). The Kier molecular flexibility index (Phi) is 6.47. The Bertz CT molecular complexity index is 543. The molecule has 0 atom stereocenters. The number of hydrogen-bond acceptors (Lipinski definition) is 5. The highest BCUT2D eigenvalue weighted by atomic mass is 32.2. The molecule has 0 aromatic heterocycles. The normalized spacial score (nSPS) is 11.1. The van der Waals surface area contributed by atoms with Crippen LogP contribution >= 0.6 is 0 Å². The number of nitrogens with one attached hydrogen (secondary N) is 1. The third-order valence-corrected chi connectivity index (χ3v) is 3.36. The molecule has 112 valence electrons. The Morgan fingerprint density at radius 1 is 1.40 bits per heavy atom. The third kappa shape index (κ3) is 7.10. The first-order chi connectivity index (χ1) is 9.40. The molecule has 0 bridgehead atoms. The van der Waals surface area contributed by atoms with Crippen molar-refractivity contribution in [1.82, 2.24) is 0 Å². The zero-order valence-electron chi connectivity index (χ0n) is 11.5. The van der Waals surface area contributed by atoms with Gasteiger partial charge in [-0.1, -0.05) is 6.07 Å². The first-order valence-corrected chi connectivity index (χ1v) is 8.37. The van der Waals surface area contributed by atoms with Gasteiger partial charge in [0.25, 0.3) is 0 Å². The van der Waals surface area contributed by atoms with Crippen LogP contribution in [0.3, 0.4) is 0 Å². The van der Waals surface area contributed by atoms with Gasteiger partial charge < -0.3 is 15.8 Å². The summed E-state index contributed by atoms with van der Waals surface area (Å²) in [6, 6.07) is 6.83. The van der Waals surface area contributed by atoms with E-state index in [-0.39, 0.29) is 18.3 Å². The molecule has 1 aromatic carbocycles. The number of anilines is 1. The van der Waals surface area contributed by atoms with E-state index in [0.29, 0.717) is 30.8 Å². The lowest BCUT2D eigenvalue weighted by Crippen LogP contribution is -2.14. The molecule has 7 heteroatoms. The molecule has 20 heavy (non-hydrogen) atoms. The summed E-state index contributed by atoms with van der Waals surface area (Å²) in [6.07, 6.45) is 2.16. The van der Waals surface area contributed by atoms with Crippen molar-refractivity contribution in [3.63, 3.8) is 0 Å². The zero-order chi connectivity index (χ0) is 15.0. The third-order valence-electron chi connectivity index (χ3n) is 2.45. The molecule has 0 heterocycles. The molecule has 0 aliphatic heterocycles. The van der Waals surface area contributed by atoms with E-state index in [1.54, 1.807) is 24.3 Å². The highest BCUT2D eigenvalue weighted by molar-refractivity contribution is 7.90. The molecule has 1 aromatic rings. The van der Waals surface area contributed by atoms with Crippen LogP contribution in [0.4, 0.5) is 5.69 Å². The Morgan fingerprint density at radius 2 is 2.15 bits per heavy atom. The molecule has 1 rings (SSSR count). The number of nitrogens with two attached hydrogens (primary N) is 1. The second kappa shape index (κ2) is 7.86. The Balaban J connectivity index is 2.51. The summed E-state index contributed by atoms with van der Waals surface area (Å²) in [7, 11) is -3.04. The number of hydrogen-bond donors (Lipinski definition) is 2. The molecule has 0 fully saturated rings. The minimum Gasteiger partial charge on any atom is -0.492 e. The van der Waals surface area contributed by atoms with Crippen LogP contribution in [0.25, 0.3) is 0 Å². The Labute approximate surface area is 119 Å². The number of ether oxygens (including phenoxy) is 1. The first-order valence-electron chi connectivity index (χ1n) is 6.31. The van der Waals surface area contributed by atoms with Gasteiger partial charge in [-0.15, -0.1) is 0 Å². The molecule has 1 amide bonds. The first kappa shape index (κ1) is 16.5. The highest BCUT2D eigenvalue weighted by Gasteiger charge is 2.05. The van der Waals surface area contributed by atoms with Crippen molar-refractivity contribution >= 4 is 21.4 Å². The van der Waals surface area contributed by atoms with E-state index in [0.717, 1.165) is 6.26 Å². The van der Waals surface area contributed by atoms with Crippen LogP contribution in [-0.2, 0) is 14.6 Å². The maximum Gasteiger partial charge on any atom is 0.224 e. The van der Waals surface area contributed by atoms with Crippen molar-refractivity contribution in [2.24, 2.45) is 5.73 Å². The van der Waals surface area contributed by atoms with Crippen LogP contribution in [0.5, 0.6) is 5.75 Å².